The van der Waals surface area contributed by atoms with Gasteiger partial charge in [-0.3, -0.25) is 4.99 Å². The van der Waals surface area contributed by atoms with Gasteiger partial charge in [0.2, 0.25) is 0 Å². The van der Waals surface area contributed by atoms with Crippen LogP contribution in [0.5, 0.6) is 0 Å². The van der Waals surface area contributed by atoms with E-state index >= 15 is 0 Å². The number of rotatable bonds is 6. The number of hydrogen-bond donors (Lipinski definition) is 2. The summed E-state index contributed by atoms with van der Waals surface area (Å²) in [5.74, 6) is 1.31. The summed E-state index contributed by atoms with van der Waals surface area (Å²) in [5.41, 5.74) is 0. The van der Waals surface area contributed by atoms with E-state index in [4.69, 9.17) is 4.74 Å². The highest BCUT2D eigenvalue weighted by atomic mass is 127. The van der Waals surface area contributed by atoms with Gasteiger partial charge >= 0.3 is 0 Å². The second-order valence-corrected chi connectivity index (χ2v) is 5.35. The molecule has 1 heterocycles. The second kappa shape index (κ2) is 10.4. The molecule has 2 N–H and O–H groups in total. The summed E-state index contributed by atoms with van der Waals surface area (Å²) in [6.45, 7) is 5.82. The molecule has 0 aromatic carbocycles. The van der Waals surface area contributed by atoms with Gasteiger partial charge < -0.3 is 15.4 Å². The number of ether oxygens (including phenoxy) is 1. The van der Waals surface area contributed by atoms with Crippen LogP contribution >= 0.6 is 35.3 Å². The number of nitrogens with one attached hydrogen (secondary N) is 2. The van der Waals surface area contributed by atoms with Crippen LogP contribution in [0.2, 0.25) is 0 Å². The molecule has 0 amide bonds. The normalized spacial score (nSPS) is 14.4. The zero-order valence-electron chi connectivity index (χ0n) is 12.0. The Kier molecular flexibility index (Phi) is 10.3. The highest BCUT2D eigenvalue weighted by Crippen LogP contribution is 2.19. The van der Waals surface area contributed by atoms with Gasteiger partial charge in [-0.25, -0.2) is 0 Å². The van der Waals surface area contributed by atoms with Crippen molar-refractivity contribution in [2.75, 3.05) is 27.3 Å². The summed E-state index contributed by atoms with van der Waals surface area (Å²) in [5, 5.41) is 8.73. The third kappa shape index (κ3) is 7.12. The predicted molar refractivity (Wildman–Crippen MR) is 94.0 cm³/mol. The first-order valence-electron chi connectivity index (χ1n) is 6.17. The first-order chi connectivity index (χ1) is 8.67. The summed E-state index contributed by atoms with van der Waals surface area (Å²) >= 11 is 1.79. The number of thiophene rings is 1. The van der Waals surface area contributed by atoms with Crippen LogP contribution in [0, 0.1) is 0 Å². The van der Waals surface area contributed by atoms with Crippen LogP contribution in [0.4, 0.5) is 0 Å². The Morgan fingerprint density at radius 3 is 2.74 bits per heavy atom. The molecule has 0 spiro atoms. The van der Waals surface area contributed by atoms with E-state index in [0.29, 0.717) is 12.5 Å². The number of methoxy groups -OCH3 is 1. The fourth-order valence-corrected chi connectivity index (χ4v) is 2.43. The van der Waals surface area contributed by atoms with Gasteiger partial charge in [-0.05, 0) is 18.4 Å². The minimum absolute atomic E-state index is 0. The molecule has 0 saturated heterocycles. The highest BCUT2D eigenvalue weighted by Gasteiger charge is 2.09. The van der Waals surface area contributed by atoms with Gasteiger partial charge in [0, 0.05) is 37.5 Å². The van der Waals surface area contributed by atoms with Crippen molar-refractivity contribution in [3.8, 4) is 0 Å². The van der Waals surface area contributed by atoms with Gasteiger partial charge in [0.25, 0.3) is 0 Å². The molecule has 0 fully saturated rings. The Bertz CT molecular complexity index is 357. The molecular formula is C13H24IN3OS. The Morgan fingerprint density at radius 1 is 1.47 bits per heavy atom. The maximum Gasteiger partial charge on any atom is 0.191 e. The van der Waals surface area contributed by atoms with Crippen LogP contribution in [0.25, 0.3) is 0 Å². The lowest BCUT2D eigenvalue weighted by molar-refractivity contribution is 0.179. The van der Waals surface area contributed by atoms with E-state index < -0.39 is 0 Å². The molecule has 0 aliphatic heterocycles. The van der Waals surface area contributed by atoms with E-state index in [1.807, 2.05) is 0 Å². The molecule has 0 bridgehead atoms. The van der Waals surface area contributed by atoms with E-state index in [2.05, 4.69) is 47.0 Å². The van der Waals surface area contributed by atoms with Gasteiger partial charge in [0.1, 0.15) is 0 Å². The summed E-state index contributed by atoms with van der Waals surface area (Å²) < 4.78 is 5.09. The molecule has 1 aromatic rings. The van der Waals surface area contributed by atoms with Crippen LogP contribution in [0.3, 0.4) is 0 Å². The molecular weight excluding hydrogens is 373 g/mol. The summed E-state index contributed by atoms with van der Waals surface area (Å²) in [6.07, 6.45) is 0. The van der Waals surface area contributed by atoms with E-state index in [0.717, 1.165) is 12.5 Å². The topological polar surface area (TPSA) is 45.7 Å². The maximum atomic E-state index is 5.09. The lowest BCUT2D eigenvalue weighted by atomic mass is 10.1. The summed E-state index contributed by atoms with van der Waals surface area (Å²) in [7, 11) is 3.48. The Hall–Kier alpha value is -0.340. The minimum atomic E-state index is 0. The number of halogens is 1. The number of aliphatic imine (C=N–C) groups is 1. The SMILES string of the molecule is CN=C(NCC(C)c1cccs1)NC(C)COC.I. The Morgan fingerprint density at radius 2 is 2.21 bits per heavy atom. The van der Waals surface area contributed by atoms with Gasteiger partial charge in [0.05, 0.1) is 6.61 Å². The molecule has 19 heavy (non-hydrogen) atoms. The predicted octanol–water partition coefficient (Wildman–Crippen LogP) is 2.67. The van der Waals surface area contributed by atoms with E-state index in [-0.39, 0.29) is 30.0 Å². The minimum Gasteiger partial charge on any atom is -0.383 e. The van der Waals surface area contributed by atoms with Crippen molar-refractivity contribution in [2.24, 2.45) is 4.99 Å². The number of hydrogen-bond acceptors (Lipinski definition) is 3. The number of guanidine groups is 1. The molecule has 1 aromatic heterocycles. The quantitative estimate of drug-likeness (QED) is 0.441. The molecule has 1 rings (SSSR count). The molecule has 6 heteroatoms. The highest BCUT2D eigenvalue weighted by molar-refractivity contribution is 14.0. The van der Waals surface area contributed by atoms with Crippen LogP contribution in [0.1, 0.15) is 24.6 Å². The van der Waals surface area contributed by atoms with Gasteiger partial charge in [-0.1, -0.05) is 13.0 Å². The van der Waals surface area contributed by atoms with Gasteiger partial charge in [0.15, 0.2) is 5.96 Å². The largest absolute Gasteiger partial charge is 0.383 e. The molecule has 0 radical (unpaired) electrons. The first-order valence-corrected chi connectivity index (χ1v) is 7.04. The zero-order valence-corrected chi connectivity index (χ0v) is 15.1. The second-order valence-electron chi connectivity index (χ2n) is 4.37. The molecule has 0 saturated carbocycles. The van der Waals surface area contributed by atoms with Crippen molar-refractivity contribution in [1.82, 2.24) is 10.6 Å². The average Bonchev–Trinajstić information content (AvgIpc) is 2.88. The lowest BCUT2D eigenvalue weighted by Gasteiger charge is -2.18. The molecule has 110 valence electrons. The zero-order chi connectivity index (χ0) is 13.4. The van der Waals surface area contributed by atoms with Gasteiger partial charge in [-0.15, -0.1) is 35.3 Å². The van der Waals surface area contributed by atoms with Crippen molar-refractivity contribution < 1.29 is 4.74 Å². The molecule has 2 atom stereocenters. The average molecular weight is 397 g/mol. The van der Waals surface area contributed by atoms with Crippen molar-refractivity contribution in [3.05, 3.63) is 22.4 Å². The van der Waals surface area contributed by atoms with E-state index in [1.165, 1.54) is 4.88 Å². The summed E-state index contributed by atoms with van der Waals surface area (Å²) in [4.78, 5) is 5.60. The van der Waals surface area contributed by atoms with Crippen molar-refractivity contribution in [1.29, 1.82) is 0 Å². The van der Waals surface area contributed by atoms with Crippen molar-refractivity contribution in [2.45, 2.75) is 25.8 Å². The van der Waals surface area contributed by atoms with Crippen LogP contribution in [0.15, 0.2) is 22.5 Å². The molecule has 0 aliphatic carbocycles. The van der Waals surface area contributed by atoms with Crippen molar-refractivity contribution >= 4 is 41.3 Å². The maximum absolute atomic E-state index is 5.09. The van der Waals surface area contributed by atoms with Crippen LogP contribution < -0.4 is 10.6 Å². The first kappa shape index (κ1) is 18.7. The fourth-order valence-electron chi connectivity index (χ4n) is 1.64. The van der Waals surface area contributed by atoms with E-state index in [1.54, 1.807) is 25.5 Å². The fraction of sp³-hybridized carbons (Fsp3) is 0.615. The Balaban J connectivity index is 0.00000324. The van der Waals surface area contributed by atoms with Crippen LogP contribution in [-0.2, 0) is 4.74 Å². The smallest absolute Gasteiger partial charge is 0.191 e. The lowest BCUT2D eigenvalue weighted by Crippen LogP contribution is -2.44. The van der Waals surface area contributed by atoms with Crippen molar-refractivity contribution in [3.63, 3.8) is 0 Å². The molecule has 4 nitrogen and oxygen atoms in total. The third-order valence-corrected chi connectivity index (χ3v) is 3.73. The monoisotopic (exact) mass is 397 g/mol. The molecule has 0 aliphatic rings. The van der Waals surface area contributed by atoms with Gasteiger partial charge in [-0.2, -0.15) is 0 Å². The standard InChI is InChI=1S/C13H23N3OS.HI/c1-10(12-6-5-7-18-12)8-15-13(14-3)16-11(2)9-17-4;/h5-7,10-11H,8-9H2,1-4H3,(H2,14,15,16);1H. The van der Waals surface area contributed by atoms with Crippen LogP contribution in [-0.4, -0.2) is 39.3 Å². The third-order valence-electron chi connectivity index (χ3n) is 2.63. The molecule has 2 unspecified atom stereocenters. The Labute approximate surface area is 137 Å². The number of nitrogens with zero attached hydrogens (tertiary/aromatic N) is 1. The summed E-state index contributed by atoms with van der Waals surface area (Å²) in [6, 6.07) is 4.50. The van der Waals surface area contributed by atoms with E-state index in [9.17, 15) is 0 Å².